The first-order valence-corrected chi connectivity index (χ1v) is 12.0. The number of carbonyl (C=O) groups is 1. The van der Waals surface area contributed by atoms with Crippen molar-refractivity contribution in [2.24, 2.45) is 0 Å². The molecular weight excluding hydrogens is 520 g/mol. The molecule has 0 saturated heterocycles. The topological polar surface area (TPSA) is 81.5 Å². The van der Waals surface area contributed by atoms with Crippen molar-refractivity contribution in [1.82, 2.24) is 14.7 Å². The Balaban J connectivity index is 2.11. The van der Waals surface area contributed by atoms with Crippen LogP contribution in [0.4, 0.5) is 13.6 Å². The van der Waals surface area contributed by atoms with Gasteiger partial charge in [-0.15, -0.1) is 0 Å². The summed E-state index contributed by atoms with van der Waals surface area (Å²) in [6.07, 6.45) is -0.648. The van der Waals surface area contributed by atoms with Gasteiger partial charge in [0.1, 0.15) is 22.9 Å². The third kappa shape index (κ3) is 5.77. The fraction of sp³-hybridized carbons (Fsp3) is 0.273. The molecule has 0 aliphatic heterocycles. The molecule has 0 bridgehead atoms. The van der Waals surface area contributed by atoms with E-state index in [2.05, 4.69) is 21.0 Å². The first-order valence-electron chi connectivity index (χ1n) is 9.77. The molecular formula is C22H22BrF2N3O4S. The van der Waals surface area contributed by atoms with Gasteiger partial charge in [0.25, 0.3) is 0 Å². The summed E-state index contributed by atoms with van der Waals surface area (Å²) in [6, 6.07) is 9.84. The van der Waals surface area contributed by atoms with Crippen molar-refractivity contribution < 1.29 is 26.7 Å². The number of amides is 1. The molecule has 33 heavy (non-hydrogen) atoms. The molecule has 176 valence electrons. The van der Waals surface area contributed by atoms with Gasteiger partial charge in [-0.1, -0.05) is 22.0 Å². The second-order valence-electron chi connectivity index (χ2n) is 8.28. The molecule has 0 spiro atoms. The average molecular weight is 542 g/mol. The van der Waals surface area contributed by atoms with Gasteiger partial charge in [0, 0.05) is 23.7 Å². The molecule has 0 radical (unpaired) electrons. The van der Waals surface area contributed by atoms with E-state index in [1.807, 2.05) is 0 Å². The fourth-order valence-electron chi connectivity index (χ4n) is 2.90. The molecule has 0 N–H and O–H groups in total. The molecule has 2 aromatic carbocycles. The van der Waals surface area contributed by atoms with E-state index in [-0.39, 0.29) is 27.8 Å². The summed E-state index contributed by atoms with van der Waals surface area (Å²) >= 11 is 3.23. The summed E-state index contributed by atoms with van der Waals surface area (Å²) in [5.41, 5.74) is -0.972. The lowest BCUT2D eigenvalue weighted by Gasteiger charge is -2.24. The molecule has 1 heterocycles. The number of hydrogen-bond donors (Lipinski definition) is 0. The van der Waals surface area contributed by atoms with E-state index in [1.165, 1.54) is 36.2 Å². The van der Waals surface area contributed by atoms with E-state index >= 15 is 0 Å². The summed E-state index contributed by atoms with van der Waals surface area (Å²) in [6.45, 7) is 5.01. The molecule has 1 amide bonds. The molecule has 7 nitrogen and oxygen atoms in total. The number of ether oxygens (including phenoxy) is 1. The highest BCUT2D eigenvalue weighted by molar-refractivity contribution is 9.10. The van der Waals surface area contributed by atoms with Crippen LogP contribution in [0.5, 0.6) is 0 Å². The SMILES string of the molecule is CN(Cc1cc(S(=O)(=O)c2cccc(Br)c2)n(-c2cc(F)ccc2F)n1)C(=O)OC(C)(C)C. The van der Waals surface area contributed by atoms with Gasteiger partial charge in [0.2, 0.25) is 9.84 Å². The highest BCUT2D eigenvalue weighted by Gasteiger charge is 2.28. The van der Waals surface area contributed by atoms with Crippen molar-refractivity contribution in [2.75, 3.05) is 7.05 Å². The van der Waals surface area contributed by atoms with E-state index < -0.39 is 33.2 Å². The quantitative estimate of drug-likeness (QED) is 0.448. The number of aromatic nitrogens is 2. The highest BCUT2D eigenvalue weighted by Crippen LogP contribution is 2.28. The largest absolute Gasteiger partial charge is 0.444 e. The van der Waals surface area contributed by atoms with Crippen molar-refractivity contribution in [3.63, 3.8) is 0 Å². The van der Waals surface area contributed by atoms with Crippen LogP contribution in [-0.2, 0) is 21.1 Å². The van der Waals surface area contributed by atoms with Crippen LogP contribution in [0, 0.1) is 11.6 Å². The molecule has 0 unspecified atom stereocenters. The third-order valence-corrected chi connectivity index (χ3v) is 6.56. The predicted molar refractivity (Wildman–Crippen MR) is 121 cm³/mol. The summed E-state index contributed by atoms with van der Waals surface area (Å²) in [4.78, 5) is 13.5. The van der Waals surface area contributed by atoms with Gasteiger partial charge in [-0.2, -0.15) is 5.10 Å². The van der Waals surface area contributed by atoms with Crippen LogP contribution in [0.3, 0.4) is 0 Å². The van der Waals surface area contributed by atoms with Crippen LogP contribution in [0.1, 0.15) is 26.5 Å². The third-order valence-electron chi connectivity index (χ3n) is 4.35. The second-order valence-corrected chi connectivity index (χ2v) is 11.1. The number of rotatable bonds is 5. The number of nitrogens with zero attached hydrogens (tertiary/aromatic N) is 3. The Hall–Kier alpha value is -2.79. The van der Waals surface area contributed by atoms with Crippen LogP contribution in [0.25, 0.3) is 5.69 Å². The molecule has 0 saturated carbocycles. The van der Waals surface area contributed by atoms with Gasteiger partial charge in [-0.25, -0.2) is 26.7 Å². The molecule has 11 heteroatoms. The smallest absolute Gasteiger partial charge is 0.410 e. The minimum absolute atomic E-state index is 0.0677. The zero-order chi connectivity index (χ0) is 24.6. The molecule has 0 aliphatic carbocycles. The lowest BCUT2D eigenvalue weighted by atomic mass is 10.2. The molecule has 3 rings (SSSR count). The maximum absolute atomic E-state index is 14.6. The van der Waals surface area contributed by atoms with Crippen LogP contribution in [-0.4, -0.2) is 41.8 Å². The van der Waals surface area contributed by atoms with Crippen molar-refractivity contribution in [3.8, 4) is 5.69 Å². The molecule has 1 aromatic heterocycles. The Morgan fingerprint density at radius 3 is 2.48 bits per heavy atom. The van der Waals surface area contributed by atoms with E-state index in [0.717, 1.165) is 22.9 Å². The second kappa shape index (κ2) is 9.22. The molecule has 3 aromatic rings. The number of carbonyl (C=O) groups excluding carboxylic acids is 1. The first kappa shape index (κ1) is 24.8. The van der Waals surface area contributed by atoms with Gasteiger partial charge in [0.15, 0.2) is 5.03 Å². The highest BCUT2D eigenvalue weighted by atomic mass is 79.9. The molecule has 0 atom stereocenters. The summed E-state index contributed by atoms with van der Waals surface area (Å²) in [5, 5.41) is 3.81. The van der Waals surface area contributed by atoms with Crippen LogP contribution in [0.2, 0.25) is 0 Å². The number of sulfone groups is 1. The Morgan fingerprint density at radius 2 is 1.85 bits per heavy atom. The van der Waals surface area contributed by atoms with Gasteiger partial charge in [0.05, 0.1) is 17.1 Å². The Bertz CT molecular complexity index is 1300. The van der Waals surface area contributed by atoms with Gasteiger partial charge in [-0.3, -0.25) is 0 Å². The molecule has 0 fully saturated rings. The van der Waals surface area contributed by atoms with Crippen molar-refractivity contribution >= 4 is 31.9 Å². The van der Waals surface area contributed by atoms with Crippen LogP contribution in [0.15, 0.2) is 62.9 Å². The molecule has 0 aliphatic rings. The van der Waals surface area contributed by atoms with Crippen molar-refractivity contribution in [3.05, 3.63) is 70.3 Å². The van der Waals surface area contributed by atoms with Crippen molar-refractivity contribution in [1.29, 1.82) is 0 Å². The standard InChI is InChI=1S/C22H22BrF2N3O4S/c1-22(2,3)32-21(29)27(4)13-16-12-20(33(30,31)17-7-5-6-14(23)10-17)28(26-16)19-11-15(24)8-9-18(19)25/h5-12H,13H2,1-4H3. The normalized spacial score (nSPS) is 12.0. The van der Waals surface area contributed by atoms with E-state index in [4.69, 9.17) is 4.74 Å². The van der Waals surface area contributed by atoms with E-state index in [1.54, 1.807) is 26.8 Å². The van der Waals surface area contributed by atoms with Crippen LogP contribution < -0.4 is 0 Å². The fourth-order valence-corrected chi connectivity index (χ4v) is 4.89. The average Bonchev–Trinajstić information content (AvgIpc) is 3.13. The predicted octanol–water partition coefficient (Wildman–Crippen LogP) is 5.11. The van der Waals surface area contributed by atoms with E-state index in [9.17, 15) is 22.0 Å². The lowest BCUT2D eigenvalue weighted by Crippen LogP contribution is -2.33. The number of hydrogen-bond acceptors (Lipinski definition) is 5. The minimum Gasteiger partial charge on any atom is -0.444 e. The zero-order valence-corrected chi connectivity index (χ0v) is 20.7. The summed E-state index contributed by atoms with van der Waals surface area (Å²) < 4.78 is 61.9. The van der Waals surface area contributed by atoms with Gasteiger partial charge < -0.3 is 9.64 Å². The van der Waals surface area contributed by atoms with Crippen molar-refractivity contribution in [2.45, 2.75) is 42.8 Å². The van der Waals surface area contributed by atoms with E-state index in [0.29, 0.717) is 4.47 Å². The zero-order valence-electron chi connectivity index (χ0n) is 18.3. The van der Waals surface area contributed by atoms with Gasteiger partial charge in [-0.05, 0) is 51.1 Å². The Kier molecular flexibility index (Phi) is 6.94. The lowest BCUT2D eigenvalue weighted by molar-refractivity contribution is 0.0283. The monoisotopic (exact) mass is 541 g/mol. The van der Waals surface area contributed by atoms with Gasteiger partial charge >= 0.3 is 6.09 Å². The Labute approximate surface area is 199 Å². The van der Waals surface area contributed by atoms with Crippen LogP contribution >= 0.6 is 15.9 Å². The Morgan fingerprint density at radius 1 is 1.15 bits per heavy atom. The summed E-state index contributed by atoms with van der Waals surface area (Å²) in [5.74, 6) is -1.63. The minimum atomic E-state index is -4.19. The summed E-state index contributed by atoms with van der Waals surface area (Å²) in [7, 11) is -2.73. The maximum Gasteiger partial charge on any atom is 0.410 e. The maximum atomic E-state index is 14.6. The number of benzene rings is 2. The first-order chi connectivity index (χ1) is 15.3. The number of halogens is 3.